The first-order valence-corrected chi connectivity index (χ1v) is 4.48. The predicted molar refractivity (Wildman–Crippen MR) is 48.8 cm³/mol. The van der Waals surface area contributed by atoms with Crippen molar-refractivity contribution in [1.82, 2.24) is 9.88 Å². The Hall–Kier alpha value is -0.371. The van der Waals surface area contributed by atoms with Crippen molar-refractivity contribution in [3.8, 4) is 0 Å². The van der Waals surface area contributed by atoms with Crippen LogP contribution in [-0.4, -0.2) is 23.5 Å². The normalized spacial score (nSPS) is 22.7. The molecular weight excluding hydrogens is 203 g/mol. The SMILES string of the molecule is CN1CCCC1c1cccnc1.[Mn]. The minimum atomic E-state index is 0. The molecule has 0 N–H and O–H groups in total. The third-order valence-corrected chi connectivity index (χ3v) is 2.59. The topological polar surface area (TPSA) is 16.1 Å². The van der Waals surface area contributed by atoms with E-state index >= 15 is 0 Å². The van der Waals surface area contributed by atoms with E-state index in [0.717, 1.165) is 0 Å². The molecule has 1 aliphatic heterocycles. The van der Waals surface area contributed by atoms with E-state index < -0.39 is 0 Å². The van der Waals surface area contributed by atoms with Crippen LogP contribution >= 0.6 is 0 Å². The molecule has 0 spiro atoms. The molecular formula is C10H14MnN2. The zero-order valence-corrected chi connectivity index (χ0v) is 8.96. The number of likely N-dealkylation sites (tertiary alicyclic amines) is 1. The Kier molecular flexibility index (Phi) is 3.91. The van der Waals surface area contributed by atoms with Crippen LogP contribution in [0.1, 0.15) is 24.4 Å². The summed E-state index contributed by atoms with van der Waals surface area (Å²) in [5.74, 6) is 0. The predicted octanol–water partition coefficient (Wildman–Crippen LogP) is 1.85. The number of aromatic nitrogens is 1. The van der Waals surface area contributed by atoms with Gasteiger partial charge in [-0.2, -0.15) is 0 Å². The molecule has 0 saturated carbocycles. The average molecular weight is 217 g/mol. The molecule has 0 bridgehead atoms. The maximum atomic E-state index is 4.14. The summed E-state index contributed by atoms with van der Waals surface area (Å²) in [5, 5.41) is 0. The molecule has 1 aliphatic rings. The minimum absolute atomic E-state index is 0. The molecule has 1 fully saturated rings. The Morgan fingerprint density at radius 2 is 2.38 bits per heavy atom. The van der Waals surface area contributed by atoms with Gasteiger partial charge in [-0.15, -0.1) is 0 Å². The number of hydrogen-bond donors (Lipinski definition) is 0. The van der Waals surface area contributed by atoms with Gasteiger partial charge in [0.05, 0.1) is 0 Å². The molecule has 3 heteroatoms. The number of hydrogen-bond acceptors (Lipinski definition) is 2. The van der Waals surface area contributed by atoms with E-state index in [2.05, 4.69) is 23.0 Å². The maximum absolute atomic E-state index is 4.14. The van der Waals surface area contributed by atoms with Gasteiger partial charge in [0.25, 0.3) is 0 Å². The monoisotopic (exact) mass is 217 g/mol. The smallest absolute Gasteiger partial charge is 0.0360 e. The van der Waals surface area contributed by atoms with Gasteiger partial charge in [0.1, 0.15) is 0 Å². The van der Waals surface area contributed by atoms with Crippen LogP contribution in [0.4, 0.5) is 0 Å². The van der Waals surface area contributed by atoms with Gasteiger partial charge >= 0.3 is 0 Å². The van der Waals surface area contributed by atoms with Gasteiger partial charge in [-0.3, -0.25) is 9.88 Å². The maximum Gasteiger partial charge on any atom is 0.0360 e. The van der Waals surface area contributed by atoms with Crippen LogP contribution in [-0.2, 0) is 17.1 Å². The molecule has 2 nitrogen and oxygen atoms in total. The van der Waals surface area contributed by atoms with Crippen LogP contribution in [0, 0.1) is 0 Å². The fourth-order valence-corrected chi connectivity index (χ4v) is 1.90. The van der Waals surface area contributed by atoms with E-state index in [-0.39, 0.29) is 17.1 Å². The first-order chi connectivity index (χ1) is 5.88. The van der Waals surface area contributed by atoms with Crippen LogP contribution in [0.15, 0.2) is 24.5 Å². The summed E-state index contributed by atoms with van der Waals surface area (Å²) >= 11 is 0. The summed E-state index contributed by atoms with van der Waals surface area (Å²) in [7, 11) is 2.19. The van der Waals surface area contributed by atoms with Crippen LogP contribution in [0.3, 0.4) is 0 Å². The quantitative estimate of drug-likeness (QED) is 0.667. The van der Waals surface area contributed by atoms with Gasteiger partial charge in [-0.05, 0) is 38.1 Å². The zero-order chi connectivity index (χ0) is 8.39. The minimum Gasteiger partial charge on any atom is -0.299 e. The Balaban J connectivity index is 0.000000845. The molecule has 1 saturated heterocycles. The van der Waals surface area contributed by atoms with E-state index in [9.17, 15) is 0 Å². The Bertz CT molecular complexity index is 250. The molecule has 1 aromatic rings. The van der Waals surface area contributed by atoms with Gasteiger partial charge < -0.3 is 0 Å². The molecule has 1 atom stereocenters. The largest absolute Gasteiger partial charge is 0.299 e. The van der Waals surface area contributed by atoms with Gasteiger partial charge in [-0.1, -0.05) is 6.07 Å². The first-order valence-electron chi connectivity index (χ1n) is 4.48. The van der Waals surface area contributed by atoms with Crippen molar-refractivity contribution in [2.75, 3.05) is 13.6 Å². The second-order valence-corrected chi connectivity index (χ2v) is 3.42. The van der Waals surface area contributed by atoms with E-state index in [1.54, 1.807) is 0 Å². The summed E-state index contributed by atoms with van der Waals surface area (Å²) in [4.78, 5) is 6.54. The summed E-state index contributed by atoms with van der Waals surface area (Å²) in [6, 6.07) is 4.79. The molecule has 0 aliphatic carbocycles. The van der Waals surface area contributed by atoms with Crippen molar-refractivity contribution in [1.29, 1.82) is 0 Å². The van der Waals surface area contributed by atoms with Gasteiger partial charge in [0.15, 0.2) is 0 Å². The fourth-order valence-electron chi connectivity index (χ4n) is 1.90. The Labute approximate surface area is 89.8 Å². The Morgan fingerprint density at radius 1 is 1.54 bits per heavy atom. The van der Waals surface area contributed by atoms with Crippen molar-refractivity contribution in [3.05, 3.63) is 30.1 Å². The molecule has 13 heavy (non-hydrogen) atoms. The van der Waals surface area contributed by atoms with Crippen molar-refractivity contribution in [2.24, 2.45) is 0 Å². The van der Waals surface area contributed by atoms with Gasteiger partial charge in [0.2, 0.25) is 0 Å². The molecule has 1 radical (unpaired) electrons. The number of rotatable bonds is 1. The summed E-state index contributed by atoms with van der Waals surface area (Å²) in [5.41, 5.74) is 1.36. The van der Waals surface area contributed by atoms with E-state index in [0.29, 0.717) is 6.04 Å². The van der Waals surface area contributed by atoms with Gasteiger partial charge in [0, 0.05) is 35.5 Å². The standard InChI is InChI=1S/C10H14N2.Mn/c1-12-7-3-5-10(12)9-4-2-6-11-8-9;/h2,4,6,8,10H,3,5,7H2,1H3;. The average Bonchev–Trinajstić information content (AvgIpc) is 2.53. The first kappa shape index (κ1) is 10.7. The molecule has 2 heterocycles. The zero-order valence-electron chi connectivity index (χ0n) is 7.78. The molecule has 0 aromatic carbocycles. The van der Waals surface area contributed by atoms with Crippen molar-refractivity contribution in [2.45, 2.75) is 18.9 Å². The van der Waals surface area contributed by atoms with Crippen LogP contribution in [0.5, 0.6) is 0 Å². The number of nitrogens with zero attached hydrogens (tertiary/aromatic N) is 2. The van der Waals surface area contributed by atoms with Gasteiger partial charge in [-0.25, -0.2) is 0 Å². The summed E-state index contributed by atoms with van der Waals surface area (Å²) in [6.07, 6.45) is 6.41. The van der Waals surface area contributed by atoms with Crippen LogP contribution < -0.4 is 0 Å². The molecule has 0 amide bonds. The van der Waals surface area contributed by atoms with E-state index in [4.69, 9.17) is 0 Å². The van der Waals surface area contributed by atoms with E-state index in [1.807, 2.05) is 18.5 Å². The molecule has 1 unspecified atom stereocenters. The Morgan fingerprint density at radius 3 is 2.92 bits per heavy atom. The molecule has 2 rings (SSSR count). The molecule has 71 valence electrons. The van der Waals surface area contributed by atoms with E-state index in [1.165, 1.54) is 24.9 Å². The van der Waals surface area contributed by atoms with Crippen LogP contribution in [0.2, 0.25) is 0 Å². The van der Waals surface area contributed by atoms with Crippen molar-refractivity contribution in [3.63, 3.8) is 0 Å². The summed E-state index contributed by atoms with van der Waals surface area (Å²) in [6.45, 7) is 1.22. The van der Waals surface area contributed by atoms with Crippen LogP contribution in [0.25, 0.3) is 0 Å². The second-order valence-electron chi connectivity index (χ2n) is 3.42. The third-order valence-electron chi connectivity index (χ3n) is 2.59. The molecule has 1 aromatic heterocycles. The van der Waals surface area contributed by atoms with Crippen molar-refractivity contribution < 1.29 is 17.1 Å². The summed E-state index contributed by atoms with van der Waals surface area (Å²) < 4.78 is 0. The second kappa shape index (κ2) is 4.75. The number of pyridine rings is 1. The third kappa shape index (κ3) is 2.31. The van der Waals surface area contributed by atoms with Crippen molar-refractivity contribution >= 4 is 0 Å². The fraction of sp³-hybridized carbons (Fsp3) is 0.500.